The van der Waals surface area contributed by atoms with Crippen LogP contribution in [0, 0.1) is 17.2 Å². The minimum atomic E-state index is -0.176. The van der Waals surface area contributed by atoms with Gasteiger partial charge in [0.25, 0.3) is 5.91 Å². The molecular weight excluding hydrogens is 408 g/mol. The molecule has 1 aliphatic rings. The average Bonchev–Trinajstić information content (AvgIpc) is 2.77. The molecule has 1 N–H and O–H groups in total. The molecule has 0 aliphatic carbocycles. The van der Waals surface area contributed by atoms with Crippen molar-refractivity contribution in [3.63, 3.8) is 0 Å². The van der Waals surface area contributed by atoms with Gasteiger partial charge in [-0.25, -0.2) is 0 Å². The Balaban J connectivity index is 1.58. The number of hydrogen-bond acceptors (Lipinski definition) is 5. The Bertz CT molecular complexity index is 962. The van der Waals surface area contributed by atoms with Crippen molar-refractivity contribution in [1.82, 2.24) is 9.80 Å². The first-order valence-corrected chi connectivity index (χ1v) is 11.5. The van der Waals surface area contributed by atoms with Crippen molar-refractivity contribution in [2.75, 3.05) is 43.8 Å². The first kappa shape index (κ1) is 22.9. The quantitative estimate of drug-likeness (QED) is 0.670. The summed E-state index contributed by atoms with van der Waals surface area (Å²) in [4.78, 5) is 30.6. The van der Waals surface area contributed by atoms with Crippen molar-refractivity contribution < 1.29 is 9.59 Å². The van der Waals surface area contributed by atoms with E-state index in [1.54, 1.807) is 24.3 Å². The van der Waals surface area contributed by atoms with Gasteiger partial charge in [-0.2, -0.15) is 5.26 Å². The second kappa shape index (κ2) is 11.0. The Morgan fingerprint density at radius 2 is 1.84 bits per heavy atom. The first-order chi connectivity index (χ1) is 15.0. The number of carbonyl (C=O) groups excluding carboxylic acids is 2. The number of benzene rings is 2. The number of hydrogen-bond donors (Lipinski definition) is 1. The fourth-order valence-electron chi connectivity index (χ4n) is 3.60. The van der Waals surface area contributed by atoms with Crippen molar-refractivity contribution >= 4 is 29.3 Å². The molecule has 162 valence electrons. The van der Waals surface area contributed by atoms with E-state index in [4.69, 9.17) is 5.26 Å². The SMILES string of the molecule is CC(C)CN1CCN(C(=O)c2ccccc2SCC(=O)Nc2cccc(C#N)c2)CC1. The lowest BCUT2D eigenvalue weighted by molar-refractivity contribution is -0.113. The summed E-state index contributed by atoms with van der Waals surface area (Å²) in [6.07, 6.45) is 0. The number of carbonyl (C=O) groups is 2. The number of nitrogens with one attached hydrogen (secondary N) is 1. The van der Waals surface area contributed by atoms with Gasteiger partial charge in [0.05, 0.1) is 22.9 Å². The van der Waals surface area contributed by atoms with Crippen LogP contribution in [0.5, 0.6) is 0 Å². The number of nitrogens with zero attached hydrogens (tertiary/aromatic N) is 3. The second-order valence-corrected chi connectivity index (χ2v) is 9.03. The van der Waals surface area contributed by atoms with Gasteiger partial charge in [0.15, 0.2) is 0 Å². The van der Waals surface area contributed by atoms with Gasteiger partial charge in [-0.05, 0) is 36.2 Å². The summed E-state index contributed by atoms with van der Waals surface area (Å²) in [5.41, 5.74) is 1.73. The van der Waals surface area contributed by atoms with Crippen LogP contribution < -0.4 is 5.32 Å². The van der Waals surface area contributed by atoms with Crippen LogP contribution in [-0.2, 0) is 4.79 Å². The summed E-state index contributed by atoms with van der Waals surface area (Å²) in [6.45, 7) is 8.71. The lowest BCUT2D eigenvalue weighted by atomic mass is 10.1. The molecule has 0 bridgehead atoms. The fraction of sp³-hybridized carbons (Fsp3) is 0.375. The van der Waals surface area contributed by atoms with E-state index in [0.717, 1.165) is 37.6 Å². The summed E-state index contributed by atoms with van der Waals surface area (Å²) in [5, 5.41) is 11.8. The zero-order chi connectivity index (χ0) is 22.2. The molecule has 6 nitrogen and oxygen atoms in total. The minimum absolute atomic E-state index is 0.0226. The third-order valence-corrected chi connectivity index (χ3v) is 6.11. The zero-order valence-electron chi connectivity index (χ0n) is 18.0. The summed E-state index contributed by atoms with van der Waals surface area (Å²) in [5.74, 6) is 0.649. The second-order valence-electron chi connectivity index (χ2n) is 8.01. The maximum atomic E-state index is 13.1. The predicted octanol–water partition coefficient (Wildman–Crippen LogP) is 3.70. The van der Waals surface area contributed by atoms with Crippen molar-refractivity contribution in [3.05, 3.63) is 59.7 Å². The number of rotatable bonds is 7. The molecule has 0 saturated carbocycles. The van der Waals surface area contributed by atoms with Crippen LogP contribution in [0.4, 0.5) is 5.69 Å². The Morgan fingerprint density at radius 1 is 1.10 bits per heavy atom. The molecule has 2 amide bonds. The maximum absolute atomic E-state index is 13.1. The van der Waals surface area contributed by atoms with Gasteiger partial charge >= 0.3 is 0 Å². The molecule has 0 atom stereocenters. The fourth-order valence-corrected chi connectivity index (χ4v) is 4.44. The van der Waals surface area contributed by atoms with Crippen molar-refractivity contribution in [2.24, 2.45) is 5.92 Å². The van der Waals surface area contributed by atoms with Crippen LogP contribution in [-0.4, -0.2) is 60.1 Å². The zero-order valence-corrected chi connectivity index (χ0v) is 18.8. The van der Waals surface area contributed by atoms with E-state index in [-0.39, 0.29) is 17.6 Å². The maximum Gasteiger partial charge on any atom is 0.255 e. The molecule has 0 spiro atoms. The average molecular weight is 437 g/mol. The Morgan fingerprint density at radius 3 is 2.55 bits per heavy atom. The van der Waals surface area contributed by atoms with Gasteiger partial charge in [0.1, 0.15) is 0 Å². The van der Waals surface area contributed by atoms with Crippen LogP contribution in [0.15, 0.2) is 53.4 Å². The van der Waals surface area contributed by atoms with E-state index in [2.05, 4.69) is 30.1 Å². The predicted molar refractivity (Wildman–Crippen MR) is 124 cm³/mol. The molecule has 1 saturated heterocycles. The van der Waals surface area contributed by atoms with Gasteiger partial charge in [-0.1, -0.05) is 32.0 Å². The molecule has 1 aliphatic heterocycles. The standard InChI is InChI=1S/C24H28N4O2S/c1-18(2)16-27-10-12-28(13-11-27)24(30)21-8-3-4-9-22(21)31-17-23(29)26-20-7-5-6-19(14-20)15-25/h3-9,14,18H,10-13,16-17H2,1-2H3,(H,26,29). The van der Waals surface area contributed by atoms with Crippen molar-refractivity contribution in [3.8, 4) is 6.07 Å². The highest BCUT2D eigenvalue weighted by atomic mass is 32.2. The van der Waals surface area contributed by atoms with E-state index in [1.165, 1.54) is 11.8 Å². The molecule has 3 rings (SSSR count). The highest BCUT2D eigenvalue weighted by molar-refractivity contribution is 8.00. The molecule has 1 heterocycles. The highest BCUT2D eigenvalue weighted by Gasteiger charge is 2.24. The van der Waals surface area contributed by atoms with E-state index in [9.17, 15) is 9.59 Å². The first-order valence-electron chi connectivity index (χ1n) is 10.5. The van der Waals surface area contributed by atoms with Crippen LogP contribution in [0.2, 0.25) is 0 Å². The van der Waals surface area contributed by atoms with Gasteiger partial charge in [-0.15, -0.1) is 11.8 Å². The van der Waals surface area contributed by atoms with Crippen LogP contribution >= 0.6 is 11.8 Å². The number of amides is 2. The van der Waals surface area contributed by atoms with Gasteiger partial charge < -0.3 is 10.2 Å². The molecule has 0 radical (unpaired) electrons. The third-order valence-electron chi connectivity index (χ3n) is 5.03. The molecule has 7 heteroatoms. The van der Waals surface area contributed by atoms with E-state index in [1.807, 2.05) is 29.2 Å². The normalized spacial score (nSPS) is 14.3. The molecule has 0 aromatic heterocycles. The van der Waals surface area contributed by atoms with Crippen LogP contribution in [0.3, 0.4) is 0 Å². The number of thioether (sulfide) groups is 1. The van der Waals surface area contributed by atoms with E-state index < -0.39 is 0 Å². The Hall–Kier alpha value is -2.82. The van der Waals surface area contributed by atoms with Crippen molar-refractivity contribution in [1.29, 1.82) is 5.26 Å². The third kappa shape index (κ3) is 6.58. The highest BCUT2D eigenvalue weighted by Crippen LogP contribution is 2.25. The summed E-state index contributed by atoms with van der Waals surface area (Å²) < 4.78 is 0. The van der Waals surface area contributed by atoms with Gasteiger partial charge in [-0.3, -0.25) is 14.5 Å². The van der Waals surface area contributed by atoms with E-state index in [0.29, 0.717) is 22.7 Å². The summed E-state index contributed by atoms with van der Waals surface area (Å²) in [6, 6.07) is 16.3. The van der Waals surface area contributed by atoms with Crippen molar-refractivity contribution in [2.45, 2.75) is 18.7 Å². The summed E-state index contributed by atoms with van der Waals surface area (Å²) in [7, 11) is 0. The van der Waals surface area contributed by atoms with Crippen LogP contribution in [0.25, 0.3) is 0 Å². The Labute approximate surface area is 188 Å². The van der Waals surface area contributed by atoms with Crippen LogP contribution in [0.1, 0.15) is 29.8 Å². The number of piperazine rings is 1. The summed E-state index contributed by atoms with van der Waals surface area (Å²) >= 11 is 1.35. The Kier molecular flexibility index (Phi) is 8.10. The molecule has 0 unspecified atom stereocenters. The molecule has 31 heavy (non-hydrogen) atoms. The van der Waals surface area contributed by atoms with Gasteiger partial charge in [0, 0.05) is 43.3 Å². The minimum Gasteiger partial charge on any atom is -0.336 e. The smallest absolute Gasteiger partial charge is 0.255 e. The largest absolute Gasteiger partial charge is 0.336 e. The van der Waals surface area contributed by atoms with E-state index >= 15 is 0 Å². The number of nitriles is 1. The molecule has 2 aromatic rings. The molecule has 1 fully saturated rings. The lowest BCUT2D eigenvalue weighted by Gasteiger charge is -2.35. The lowest BCUT2D eigenvalue weighted by Crippen LogP contribution is -2.49. The topological polar surface area (TPSA) is 76.4 Å². The monoisotopic (exact) mass is 436 g/mol. The van der Waals surface area contributed by atoms with Gasteiger partial charge in [0.2, 0.25) is 5.91 Å². The number of anilines is 1. The molecular formula is C24H28N4O2S. The molecule has 2 aromatic carbocycles.